The molecule has 0 spiro atoms. The van der Waals surface area contributed by atoms with E-state index in [1.165, 1.54) is 25.3 Å². The Labute approximate surface area is 140 Å². The van der Waals surface area contributed by atoms with Gasteiger partial charge in [-0.05, 0) is 31.2 Å². The summed E-state index contributed by atoms with van der Waals surface area (Å²) in [4.78, 5) is 0.792. The number of ether oxygens (including phenoxy) is 1. The molecule has 0 aliphatic heterocycles. The fourth-order valence-corrected chi connectivity index (χ4v) is 5.65. The first-order chi connectivity index (χ1) is 10.8. The first-order valence-corrected chi connectivity index (χ1v) is 10.6. The second-order valence-electron chi connectivity index (χ2n) is 4.78. The third kappa shape index (κ3) is 4.31. The molecule has 23 heavy (non-hydrogen) atoms. The van der Waals surface area contributed by atoms with Gasteiger partial charge in [-0.2, -0.15) is 0 Å². The minimum Gasteiger partial charge on any atom is -0.384 e. The van der Waals surface area contributed by atoms with Crippen molar-refractivity contribution in [3.05, 3.63) is 41.3 Å². The highest BCUT2D eigenvalue weighted by Crippen LogP contribution is 2.27. The predicted octanol–water partition coefficient (Wildman–Crippen LogP) is 2.28. The summed E-state index contributed by atoms with van der Waals surface area (Å²) in [6.07, 6.45) is 0. The molecule has 2 aromatic rings. The highest BCUT2D eigenvalue weighted by molar-refractivity contribution is 7.95. The summed E-state index contributed by atoms with van der Waals surface area (Å²) >= 11 is 1.12. The summed E-state index contributed by atoms with van der Waals surface area (Å²) < 4.78 is 56.7. The molecule has 0 unspecified atom stereocenters. The largest absolute Gasteiger partial charge is 0.384 e. The first kappa shape index (κ1) is 17.9. The van der Waals surface area contributed by atoms with Crippen LogP contribution in [-0.2, 0) is 24.6 Å². The Morgan fingerprint density at radius 1 is 1.09 bits per heavy atom. The molecule has 0 atom stereocenters. The van der Waals surface area contributed by atoms with E-state index in [4.69, 9.17) is 4.74 Å². The molecule has 1 N–H and O–H groups in total. The Morgan fingerprint density at radius 2 is 1.78 bits per heavy atom. The third-order valence-corrected chi connectivity index (χ3v) is 7.59. The molecule has 0 fully saturated rings. The predicted molar refractivity (Wildman–Crippen MR) is 90.2 cm³/mol. The highest BCUT2D eigenvalue weighted by Gasteiger charge is 2.23. The van der Waals surface area contributed by atoms with Crippen molar-refractivity contribution < 1.29 is 21.6 Å². The second-order valence-corrected chi connectivity index (χ2v) is 10.1. The van der Waals surface area contributed by atoms with E-state index in [1.54, 1.807) is 25.1 Å². The molecule has 0 saturated carbocycles. The van der Waals surface area contributed by atoms with E-state index in [9.17, 15) is 16.8 Å². The number of sulfonamides is 1. The van der Waals surface area contributed by atoms with Gasteiger partial charge in [-0.1, -0.05) is 12.1 Å². The van der Waals surface area contributed by atoms with Gasteiger partial charge in [0.25, 0.3) is 10.0 Å². The lowest BCUT2D eigenvalue weighted by Crippen LogP contribution is -2.17. The molecule has 0 aliphatic rings. The Morgan fingerprint density at radius 3 is 2.39 bits per heavy atom. The van der Waals surface area contributed by atoms with Crippen LogP contribution in [0.15, 0.2) is 45.5 Å². The second kappa shape index (κ2) is 7.00. The molecular weight excluding hydrogens is 358 g/mol. The summed E-state index contributed by atoms with van der Waals surface area (Å²) in [6.45, 7) is 1.83. The van der Waals surface area contributed by atoms with Crippen molar-refractivity contribution in [1.29, 1.82) is 0 Å². The molecule has 0 saturated heterocycles. The van der Waals surface area contributed by atoms with Crippen molar-refractivity contribution >= 4 is 36.9 Å². The van der Waals surface area contributed by atoms with E-state index in [2.05, 4.69) is 4.72 Å². The molecule has 6 nitrogen and oxygen atoms in total. The minimum atomic E-state index is -3.82. The summed E-state index contributed by atoms with van der Waals surface area (Å²) in [5, 5.41) is 0. The normalized spacial score (nSPS) is 12.3. The fraction of sp³-hybridized carbons (Fsp3) is 0.286. The van der Waals surface area contributed by atoms with Gasteiger partial charge in [-0.25, -0.2) is 16.8 Å². The molecule has 0 amide bonds. The Bertz CT molecular complexity index is 885. The van der Waals surface area contributed by atoms with Gasteiger partial charge in [0.1, 0.15) is 4.21 Å². The maximum absolute atomic E-state index is 12.4. The van der Waals surface area contributed by atoms with Crippen molar-refractivity contribution in [2.75, 3.05) is 24.2 Å². The van der Waals surface area contributed by atoms with Gasteiger partial charge in [0.05, 0.1) is 22.9 Å². The first-order valence-electron chi connectivity index (χ1n) is 6.66. The van der Waals surface area contributed by atoms with Gasteiger partial charge >= 0.3 is 0 Å². The molecule has 9 heteroatoms. The Hall–Kier alpha value is -1.42. The number of aryl methyl sites for hydroxylation is 1. The number of hydrogen-bond acceptors (Lipinski definition) is 6. The van der Waals surface area contributed by atoms with E-state index in [0.717, 1.165) is 16.2 Å². The van der Waals surface area contributed by atoms with Crippen LogP contribution < -0.4 is 4.72 Å². The highest BCUT2D eigenvalue weighted by atomic mass is 32.2. The van der Waals surface area contributed by atoms with Gasteiger partial charge in [-0.3, -0.25) is 4.72 Å². The van der Waals surface area contributed by atoms with E-state index >= 15 is 0 Å². The molecule has 2 rings (SSSR count). The SMILES string of the molecule is COCCS(=O)(=O)c1ccccc1NS(=O)(=O)c1ccc(C)s1. The van der Waals surface area contributed by atoms with Crippen molar-refractivity contribution in [2.45, 2.75) is 16.0 Å². The van der Waals surface area contributed by atoms with Gasteiger partial charge in [0.2, 0.25) is 0 Å². The minimum absolute atomic E-state index is 0.0353. The lowest BCUT2D eigenvalue weighted by atomic mass is 10.3. The van der Waals surface area contributed by atoms with Crippen LogP contribution >= 0.6 is 11.3 Å². The van der Waals surface area contributed by atoms with Gasteiger partial charge in [0, 0.05) is 12.0 Å². The summed E-state index contributed by atoms with van der Waals surface area (Å²) in [5.74, 6) is -0.222. The molecule has 0 aliphatic carbocycles. The molecule has 1 aromatic heterocycles. The number of sulfone groups is 1. The van der Waals surface area contributed by atoms with Crippen molar-refractivity contribution in [3.63, 3.8) is 0 Å². The van der Waals surface area contributed by atoms with Crippen LogP contribution in [-0.4, -0.2) is 36.3 Å². The monoisotopic (exact) mass is 375 g/mol. The van der Waals surface area contributed by atoms with Gasteiger partial charge in [-0.15, -0.1) is 11.3 Å². The third-order valence-electron chi connectivity index (χ3n) is 3.00. The van der Waals surface area contributed by atoms with E-state index in [1.807, 2.05) is 0 Å². The standard InChI is InChI=1S/C14H17NO5S3/c1-11-7-8-14(21-11)23(18,19)15-12-5-3-4-6-13(12)22(16,17)10-9-20-2/h3-8,15H,9-10H2,1-2H3. The lowest BCUT2D eigenvalue weighted by Gasteiger charge is -2.12. The maximum Gasteiger partial charge on any atom is 0.271 e. The van der Waals surface area contributed by atoms with Crippen molar-refractivity contribution in [1.82, 2.24) is 0 Å². The fourth-order valence-electron chi connectivity index (χ4n) is 1.88. The van der Waals surface area contributed by atoms with E-state index in [0.29, 0.717) is 0 Å². The average molecular weight is 375 g/mol. The van der Waals surface area contributed by atoms with E-state index in [-0.39, 0.29) is 27.2 Å². The zero-order valence-electron chi connectivity index (χ0n) is 12.6. The molecular formula is C14H17NO5S3. The smallest absolute Gasteiger partial charge is 0.271 e. The average Bonchev–Trinajstić information content (AvgIpc) is 2.93. The summed E-state index contributed by atoms with van der Waals surface area (Å²) in [6, 6.07) is 9.12. The molecule has 0 radical (unpaired) electrons. The van der Waals surface area contributed by atoms with Gasteiger partial charge < -0.3 is 4.74 Å². The Balaban J connectivity index is 2.38. The lowest BCUT2D eigenvalue weighted by molar-refractivity contribution is 0.217. The van der Waals surface area contributed by atoms with Crippen molar-refractivity contribution in [2.24, 2.45) is 0 Å². The maximum atomic E-state index is 12.4. The quantitative estimate of drug-likeness (QED) is 0.802. The number of methoxy groups -OCH3 is 1. The number of nitrogens with one attached hydrogen (secondary N) is 1. The van der Waals surface area contributed by atoms with Crippen LogP contribution in [0.1, 0.15) is 4.88 Å². The number of rotatable bonds is 7. The number of para-hydroxylation sites is 1. The number of hydrogen-bond donors (Lipinski definition) is 1. The molecule has 1 heterocycles. The van der Waals surface area contributed by atoms with Crippen LogP contribution in [0.3, 0.4) is 0 Å². The number of benzene rings is 1. The zero-order valence-corrected chi connectivity index (χ0v) is 15.1. The molecule has 1 aromatic carbocycles. The summed E-state index contributed by atoms with van der Waals surface area (Å²) in [7, 11) is -6.07. The molecule has 0 bridgehead atoms. The van der Waals surface area contributed by atoms with Crippen LogP contribution in [0, 0.1) is 6.92 Å². The summed E-state index contributed by atoms with van der Waals surface area (Å²) in [5.41, 5.74) is 0.0367. The van der Waals surface area contributed by atoms with Crippen LogP contribution in [0.2, 0.25) is 0 Å². The van der Waals surface area contributed by atoms with Crippen LogP contribution in [0.25, 0.3) is 0 Å². The van der Waals surface area contributed by atoms with Crippen molar-refractivity contribution in [3.8, 4) is 0 Å². The Kier molecular flexibility index (Phi) is 5.45. The number of thiophene rings is 1. The molecule has 126 valence electrons. The van der Waals surface area contributed by atoms with Gasteiger partial charge in [0.15, 0.2) is 9.84 Å². The van der Waals surface area contributed by atoms with Crippen LogP contribution in [0.5, 0.6) is 0 Å². The zero-order chi connectivity index (χ0) is 17.1. The van der Waals surface area contributed by atoms with Crippen LogP contribution in [0.4, 0.5) is 5.69 Å². The van der Waals surface area contributed by atoms with E-state index < -0.39 is 19.9 Å². The number of anilines is 1. The topological polar surface area (TPSA) is 89.5 Å².